The summed E-state index contributed by atoms with van der Waals surface area (Å²) in [5, 5.41) is 12.7. The van der Waals surface area contributed by atoms with Crippen molar-refractivity contribution in [2.24, 2.45) is 0 Å². The average Bonchev–Trinajstić information content (AvgIpc) is 2.73. The molecule has 3 nitrogen and oxygen atoms in total. The summed E-state index contributed by atoms with van der Waals surface area (Å²) in [6, 6.07) is 5.56. The van der Waals surface area contributed by atoms with Crippen LogP contribution in [0, 0.1) is 11.3 Å². The van der Waals surface area contributed by atoms with Crippen LogP contribution in [0.1, 0.15) is 10.4 Å². The van der Waals surface area contributed by atoms with Gasteiger partial charge in [-0.2, -0.15) is 5.26 Å². The van der Waals surface area contributed by atoms with Crippen molar-refractivity contribution < 1.29 is 0 Å². The molecular formula is C11H6BrCl2N3S. The molecule has 0 saturated heterocycles. The smallest absolute Gasteiger partial charge is 0.183 e. The Balaban J connectivity index is 2.21. The van der Waals surface area contributed by atoms with E-state index in [0.717, 1.165) is 9.35 Å². The zero-order valence-electron chi connectivity index (χ0n) is 8.88. The minimum atomic E-state index is 0.491. The zero-order valence-corrected chi connectivity index (χ0v) is 12.8. The Morgan fingerprint density at radius 1 is 1.44 bits per heavy atom. The van der Waals surface area contributed by atoms with Crippen LogP contribution in [0.25, 0.3) is 0 Å². The minimum Gasteiger partial charge on any atom is -0.378 e. The first-order chi connectivity index (χ1) is 8.60. The molecule has 0 radical (unpaired) electrons. The topological polar surface area (TPSA) is 48.7 Å². The third-order valence-electron chi connectivity index (χ3n) is 2.14. The molecule has 0 spiro atoms. The van der Waals surface area contributed by atoms with Crippen molar-refractivity contribution >= 4 is 56.2 Å². The third kappa shape index (κ3) is 3.15. The van der Waals surface area contributed by atoms with Gasteiger partial charge in [-0.05, 0) is 12.1 Å². The van der Waals surface area contributed by atoms with Gasteiger partial charge in [-0.3, -0.25) is 0 Å². The lowest BCUT2D eigenvalue weighted by molar-refractivity contribution is 1.17. The summed E-state index contributed by atoms with van der Waals surface area (Å²) < 4.78 is 1.27. The van der Waals surface area contributed by atoms with E-state index in [9.17, 15) is 0 Å². The van der Waals surface area contributed by atoms with Crippen molar-refractivity contribution in [3.63, 3.8) is 0 Å². The molecule has 1 aromatic heterocycles. The predicted molar refractivity (Wildman–Crippen MR) is 78.3 cm³/mol. The Morgan fingerprint density at radius 2 is 2.22 bits per heavy atom. The van der Waals surface area contributed by atoms with E-state index >= 15 is 0 Å². The molecule has 0 aliphatic rings. The maximum Gasteiger partial charge on any atom is 0.183 e. The number of nitrogens with one attached hydrogen (secondary N) is 1. The number of hydrogen-bond donors (Lipinski definition) is 1. The molecule has 92 valence electrons. The molecule has 0 saturated carbocycles. The van der Waals surface area contributed by atoms with Crippen LogP contribution < -0.4 is 5.32 Å². The number of anilines is 1. The molecule has 1 aromatic carbocycles. The van der Waals surface area contributed by atoms with E-state index in [1.54, 1.807) is 18.3 Å². The van der Waals surface area contributed by atoms with Gasteiger partial charge < -0.3 is 5.32 Å². The summed E-state index contributed by atoms with van der Waals surface area (Å²) in [5.74, 6) is 0. The molecule has 1 N–H and O–H groups in total. The fourth-order valence-electron chi connectivity index (χ4n) is 1.38. The molecule has 7 heteroatoms. The highest BCUT2D eigenvalue weighted by Crippen LogP contribution is 2.30. The average molecular weight is 363 g/mol. The first kappa shape index (κ1) is 13.6. The monoisotopic (exact) mass is 361 g/mol. The van der Waals surface area contributed by atoms with Crippen LogP contribution in [0.4, 0.5) is 5.69 Å². The van der Waals surface area contributed by atoms with Gasteiger partial charge >= 0.3 is 0 Å². The predicted octanol–water partition coefficient (Wildman–Crippen LogP) is 4.70. The lowest BCUT2D eigenvalue weighted by Crippen LogP contribution is -2.00. The molecule has 0 bridgehead atoms. The second kappa shape index (κ2) is 5.89. The van der Waals surface area contributed by atoms with Crippen molar-refractivity contribution in [1.82, 2.24) is 4.98 Å². The third-order valence-corrected chi connectivity index (χ3v) is 4.01. The van der Waals surface area contributed by atoms with Crippen molar-refractivity contribution in [3.05, 3.63) is 42.7 Å². The number of rotatable bonds is 3. The fourth-order valence-corrected chi connectivity index (χ4v) is 3.18. The highest BCUT2D eigenvalue weighted by Gasteiger charge is 2.09. The van der Waals surface area contributed by atoms with Crippen molar-refractivity contribution in [3.8, 4) is 6.07 Å². The van der Waals surface area contributed by atoms with E-state index in [-0.39, 0.29) is 0 Å². The van der Waals surface area contributed by atoms with E-state index in [1.807, 2.05) is 0 Å². The van der Waals surface area contributed by atoms with E-state index in [0.29, 0.717) is 27.3 Å². The highest BCUT2D eigenvalue weighted by molar-refractivity contribution is 9.10. The second-order valence-electron chi connectivity index (χ2n) is 3.36. The highest BCUT2D eigenvalue weighted by atomic mass is 79.9. The normalized spacial score (nSPS) is 10.1. The molecule has 0 fully saturated rings. The van der Waals surface area contributed by atoms with Crippen molar-refractivity contribution in [2.45, 2.75) is 6.54 Å². The van der Waals surface area contributed by atoms with E-state index < -0.39 is 0 Å². The summed E-state index contributed by atoms with van der Waals surface area (Å²) in [5.41, 5.74) is 1.11. The summed E-state index contributed by atoms with van der Waals surface area (Å²) in [6.45, 7) is 0.528. The molecule has 2 aromatic rings. The van der Waals surface area contributed by atoms with Crippen molar-refractivity contribution in [1.29, 1.82) is 5.26 Å². The fraction of sp³-hybridized carbons (Fsp3) is 0.0909. The summed E-state index contributed by atoms with van der Waals surface area (Å²) in [6.07, 6.45) is 1.69. The lowest BCUT2D eigenvalue weighted by Gasteiger charge is -2.09. The molecular weight excluding hydrogens is 357 g/mol. The number of nitrogens with zero attached hydrogens (tertiary/aromatic N) is 2. The quantitative estimate of drug-likeness (QED) is 0.861. The largest absolute Gasteiger partial charge is 0.378 e. The maximum absolute atomic E-state index is 9.07. The Hall–Kier alpha value is -0.800. The Labute approximate surface area is 126 Å². The van der Waals surface area contributed by atoms with Crippen LogP contribution in [0.15, 0.2) is 22.8 Å². The summed E-state index contributed by atoms with van der Waals surface area (Å²) >= 11 is 16.5. The zero-order chi connectivity index (χ0) is 13.1. The number of hydrogen-bond acceptors (Lipinski definition) is 4. The second-order valence-corrected chi connectivity index (χ2v) is 6.38. The maximum atomic E-state index is 9.07. The summed E-state index contributed by atoms with van der Waals surface area (Å²) in [7, 11) is 0. The standard InChI is InChI=1S/C11H6BrCl2N3S/c12-7-1-6(3-15)10(9(13)2-7)16-4-8-5-17-11(14)18-8/h1-2,5,16H,4H2. The van der Waals surface area contributed by atoms with Crippen LogP contribution in [-0.2, 0) is 6.54 Å². The van der Waals surface area contributed by atoms with Gasteiger partial charge in [-0.1, -0.05) is 39.1 Å². The van der Waals surface area contributed by atoms with Crippen LogP contribution in [-0.4, -0.2) is 4.98 Å². The molecule has 1 heterocycles. The van der Waals surface area contributed by atoms with Gasteiger partial charge in [-0.25, -0.2) is 4.98 Å². The van der Waals surface area contributed by atoms with Crippen LogP contribution >= 0.6 is 50.5 Å². The van der Waals surface area contributed by atoms with Crippen LogP contribution in [0.5, 0.6) is 0 Å². The van der Waals surface area contributed by atoms with Gasteiger partial charge in [0.15, 0.2) is 4.47 Å². The Bertz CT molecular complexity index is 621. The van der Waals surface area contributed by atoms with Gasteiger partial charge in [0.1, 0.15) is 6.07 Å². The van der Waals surface area contributed by atoms with Gasteiger partial charge in [0.05, 0.1) is 22.8 Å². The van der Waals surface area contributed by atoms with Gasteiger partial charge in [0.25, 0.3) is 0 Å². The molecule has 0 atom stereocenters. The molecule has 0 amide bonds. The lowest BCUT2D eigenvalue weighted by atomic mass is 10.2. The first-order valence-electron chi connectivity index (χ1n) is 4.83. The van der Waals surface area contributed by atoms with Crippen molar-refractivity contribution in [2.75, 3.05) is 5.32 Å². The van der Waals surface area contributed by atoms with E-state index in [1.165, 1.54) is 11.3 Å². The molecule has 0 aliphatic heterocycles. The van der Waals surface area contributed by atoms with Crippen LogP contribution in [0.3, 0.4) is 0 Å². The van der Waals surface area contributed by atoms with Gasteiger partial charge in [0, 0.05) is 15.5 Å². The number of benzene rings is 1. The minimum absolute atomic E-state index is 0.491. The van der Waals surface area contributed by atoms with E-state index in [2.05, 4.69) is 32.3 Å². The number of nitriles is 1. The Morgan fingerprint density at radius 3 is 2.83 bits per heavy atom. The van der Waals surface area contributed by atoms with E-state index in [4.69, 9.17) is 28.5 Å². The molecule has 0 aliphatic carbocycles. The number of aromatic nitrogens is 1. The number of thiazole rings is 1. The molecule has 2 rings (SSSR count). The SMILES string of the molecule is N#Cc1cc(Br)cc(Cl)c1NCc1cnc(Cl)s1. The first-order valence-corrected chi connectivity index (χ1v) is 7.20. The van der Waals surface area contributed by atoms with Gasteiger partial charge in [-0.15, -0.1) is 11.3 Å². The molecule has 18 heavy (non-hydrogen) atoms. The summed E-state index contributed by atoms with van der Waals surface area (Å²) in [4.78, 5) is 4.92. The van der Waals surface area contributed by atoms with Gasteiger partial charge in [0.2, 0.25) is 0 Å². The molecule has 0 unspecified atom stereocenters. The Kier molecular flexibility index (Phi) is 4.46. The number of halogens is 3. The van der Waals surface area contributed by atoms with Crippen LogP contribution in [0.2, 0.25) is 9.49 Å².